The maximum atomic E-state index is 12.4. The third kappa shape index (κ3) is 3.94. The first-order valence-corrected chi connectivity index (χ1v) is 11.2. The normalized spacial score (nSPS) is 17.4. The quantitative estimate of drug-likeness (QED) is 0.600. The van der Waals surface area contributed by atoms with E-state index in [9.17, 15) is 13.2 Å². The number of benzene rings is 2. The second-order valence-corrected chi connectivity index (χ2v) is 9.12. The van der Waals surface area contributed by atoms with Gasteiger partial charge in [0.1, 0.15) is 11.1 Å². The van der Waals surface area contributed by atoms with Crippen molar-refractivity contribution >= 4 is 33.0 Å². The van der Waals surface area contributed by atoms with Crippen LogP contribution in [0, 0.1) is 0 Å². The van der Waals surface area contributed by atoms with Crippen molar-refractivity contribution in [2.24, 2.45) is 0 Å². The van der Waals surface area contributed by atoms with Crippen LogP contribution in [-0.2, 0) is 16.4 Å². The van der Waals surface area contributed by atoms with Gasteiger partial charge in [0.2, 0.25) is 10.0 Å². The maximum absolute atomic E-state index is 12.4. The largest absolute Gasteiger partial charge is 0.364 e. The summed E-state index contributed by atoms with van der Waals surface area (Å²) in [4.78, 5) is 13.8. The Hall–Kier alpha value is -2.68. The van der Waals surface area contributed by atoms with Crippen LogP contribution >= 0.6 is 11.3 Å². The minimum Gasteiger partial charge on any atom is -0.364 e. The Kier molecular flexibility index (Phi) is 5.17. The van der Waals surface area contributed by atoms with Crippen LogP contribution in [0.1, 0.15) is 27.0 Å². The van der Waals surface area contributed by atoms with Crippen molar-refractivity contribution in [3.8, 4) is 0 Å². The van der Waals surface area contributed by atoms with E-state index in [4.69, 9.17) is 0 Å². The van der Waals surface area contributed by atoms with Crippen molar-refractivity contribution in [1.29, 1.82) is 0 Å². The molecule has 2 aromatic carbocycles. The fourth-order valence-electron chi connectivity index (χ4n) is 3.06. The summed E-state index contributed by atoms with van der Waals surface area (Å²) in [6.45, 7) is 0.571. The zero-order valence-electron chi connectivity index (χ0n) is 14.9. The monoisotopic (exact) mass is 413 g/mol. The molecule has 6 nitrogen and oxygen atoms in total. The van der Waals surface area contributed by atoms with Gasteiger partial charge in [0.05, 0.1) is 5.69 Å². The Morgan fingerprint density at radius 1 is 1.04 bits per heavy atom. The number of fused-ring (bicyclic) bond motifs is 1. The zero-order chi connectivity index (χ0) is 19.6. The van der Waals surface area contributed by atoms with E-state index in [1.807, 2.05) is 17.5 Å². The predicted octanol–water partition coefficient (Wildman–Crippen LogP) is 3.12. The van der Waals surface area contributed by atoms with Gasteiger partial charge in [-0.25, -0.2) is 8.42 Å². The molecule has 8 heteroatoms. The second kappa shape index (κ2) is 7.75. The zero-order valence-corrected chi connectivity index (χ0v) is 16.5. The van der Waals surface area contributed by atoms with Gasteiger partial charge in [-0.2, -0.15) is 4.72 Å². The first kappa shape index (κ1) is 18.7. The van der Waals surface area contributed by atoms with E-state index in [2.05, 4.69) is 15.4 Å². The molecule has 0 aliphatic carbocycles. The number of sulfonamides is 1. The van der Waals surface area contributed by atoms with Crippen LogP contribution in [0.4, 0.5) is 5.69 Å². The minimum atomic E-state index is -3.59. The number of hydrogen-bond donors (Lipinski definition) is 3. The minimum absolute atomic E-state index is 0.148. The van der Waals surface area contributed by atoms with E-state index in [1.54, 1.807) is 59.9 Å². The van der Waals surface area contributed by atoms with Gasteiger partial charge in [-0.3, -0.25) is 4.79 Å². The highest BCUT2D eigenvalue weighted by Gasteiger charge is 2.29. The molecular weight excluding hydrogens is 394 g/mol. The number of thiophene rings is 1. The lowest BCUT2D eigenvalue weighted by atomic mass is 10.1. The number of para-hydroxylation sites is 1. The van der Waals surface area contributed by atoms with Crippen molar-refractivity contribution in [2.75, 3.05) is 11.9 Å². The van der Waals surface area contributed by atoms with E-state index >= 15 is 0 Å². The van der Waals surface area contributed by atoms with E-state index < -0.39 is 16.2 Å². The first-order valence-electron chi connectivity index (χ1n) is 8.81. The average molecular weight is 414 g/mol. The standard InChI is InChI=1S/C20H19N3O3S2/c24-20(21-12-11-16-4-3-13-27-16)15-9-7-14(8-10-15)19-22-17-5-1-2-6-18(17)28(25,26)23-19/h1-10,13,19,22-23H,11-12H2,(H,21,24)/t19-/m0/s1. The van der Waals surface area contributed by atoms with Crippen molar-refractivity contribution in [1.82, 2.24) is 10.0 Å². The summed E-state index contributed by atoms with van der Waals surface area (Å²) in [6.07, 6.45) is 0.213. The molecule has 1 aromatic heterocycles. The Balaban J connectivity index is 1.43. The van der Waals surface area contributed by atoms with E-state index in [0.29, 0.717) is 17.8 Å². The molecule has 4 rings (SSSR count). The SMILES string of the molecule is O=C(NCCc1cccs1)c1ccc([C@H]2Nc3ccccc3S(=O)(=O)N2)cc1. The van der Waals surface area contributed by atoms with E-state index in [-0.39, 0.29) is 10.8 Å². The molecule has 1 amide bonds. The molecule has 1 aliphatic heterocycles. The summed E-state index contributed by atoms with van der Waals surface area (Å²) in [5.74, 6) is -0.148. The predicted molar refractivity (Wildman–Crippen MR) is 110 cm³/mol. The number of carbonyl (C=O) groups excluding carboxylic acids is 1. The first-order chi connectivity index (χ1) is 13.5. The van der Waals surface area contributed by atoms with Gasteiger partial charge in [-0.1, -0.05) is 30.3 Å². The number of anilines is 1. The maximum Gasteiger partial charge on any atom is 0.251 e. The van der Waals surface area contributed by atoms with E-state index in [1.165, 1.54) is 4.88 Å². The summed E-state index contributed by atoms with van der Waals surface area (Å²) >= 11 is 1.67. The number of hydrogen-bond acceptors (Lipinski definition) is 5. The molecule has 28 heavy (non-hydrogen) atoms. The molecule has 0 saturated carbocycles. The van der Waals surface area contributed by atoms with Gasteiger partial charge in [0.15, 0.2) is 0 Å². The van der Waals surface area contributed by atoms with Crippen LogP contribution < -0.4 is 15.4 Å². The molecule has 0 radical (unpaired) electrons. The molecular formula is C20H19N3O3S2. The lowest BCUT2D eigenvalue weighted by Gasteiger charge is -2.28. The fourth-order valence-corrected chi connectivity index (χ4v) is 5.07. The molecule has 0 spiro atoms. The average Bonchev–Trinajstić information content (AvgIpc) is 3.21. The van der Waals surface area contributed by atoms with Gasteiger partial charge in [0, 0.05) is 17.0 Å². The Bertz CT molecular complexity index is 1080. The van der Waals surface area contributed by atoms with Gasteiger partial charge >= 0.3 is 0 Å². The van der Waals surface area contributed by atoms with Crippen LogP contribution in [0.25, 0.3) is 0 Å². The summed E-state index contributed by atoms with van der Waals surface area (Å²) in [6, 6.07) is 17.7. The highest BCUT2D eigenvalue weighted by Crippen LogP contribution is 2.30. The Morgan fingerprint density at radius 2 is 1.82 bits per heavy atom. The lowest BCUT2D eigenvalue weighted by molar-refractivity contribution is 0.0954. The summed E-state index contributed by atoms with van der Waals surface area (Å²) in [5, 5.41) is 8.10. The van der Waals surface area contributed by atoms with Crippen molar-refractivity contribution in [2.45, 2.75) is 17.5 Å². The lowest BCUT2D eigenvalue weighted by Crippen LogP contribution is -2.38. The molecule has 3 N–H and O–H groups in total. The van der Waals surface area contributed by atoms with Crippen LogP contribution in [0.5, 0.6) is 0 Å². The highest BCUT2D eigenvalue weighted by atomic mass is 32.2. The molecule has 0 saturated heterocycles. The number of carbonyl (C=O) groups is 1. The van der Waals surface area contributed by atoms with Crippen LogP contribution in [0.15, 0.2) is 70.9 Å². The van der Waals surface area contributed by atoms with Gasteiger partial charge in [0.25, 0.3) is 5.91 Å². The van der Waals surface area contributed by atoms with Gasteiger partial charge < -0.3 is 10.6 Å². The fraction of sp³-hybridized carbons (Fsp3) is 0.150. The van der Waals surface area contributed by atoms with Crippen molar-refractivity contribution in [3.63, 3.8) is 0 Å². The summed E-state index contributed by atoms with van der Waals surface area (Å²) < 4.78 is 27.5. The molecule has 3 aromatic rings. The van der Waals surface area contributed by atoms with E-state index in [0.717, 1.165) is 12.0 Å². The van der Waals surface area contributed by atoms with Crippen molar-refractivity contribution in [3.05, 3.63) is 82.0 Å². The van der Waals surface area contributed by atoms with Crippen LogP contribution in [-0.4, -0.2) is 20.9 Å². The number of rotatable bonds is 5. The molecule has 1 aliphatic rings. The van der Waals surface area contributed by atoms with Crippen LogP contribution in [0.2, 0.25) is 0 Å². The third-order valence-electron chi connectivity index (χ3n) is 4.49. The Labute approximate surface area is 167 Å². The summed E-state index contributed by atoms with van der Waals surface area (Å²) in [7, 11) is -3.59. The number of amides is 1. The third-order valence-corrected chi connectivity index (χ3v) is 6.91. The molecule has 0 bridgehead atoms. The molecule has 144 valence electrons. The summed E-state index contributed by atoms with van der Waals surface area (Å²) in [5.41, 5.74) is 1.82. The molecule has 1 atom stereocenters. The van der Waals surface area contributed by atoms with Crippen LogP contribution in [0.3, 0.4) is 0 Å². The topological polar surface area (TPSA) is 87.3 Å². The van der Waals surface area contributed by atoms with Crippen molar-refractivity contribution < 1.29 is 13.2 Å². The Morgan fingerprint density at radius 3 is 2.57 bits per heavy atom. The molecule has 0 fully saturated rings. The smallest absolute Gasteiger partial charge is 0.251 e. The molecule has 0 unspecified atom stereocenters. The number of nitrogens with one attached hydrogen (secondary N) is 3. The van der Waals surface area contributed by atoms with Gasteiger partial charge in [-0.05, 0) is 47.7 Å². The second-order valence-electron chi connectivity index (χ2n) is 6.40. The highest BCUT2D eigenvalue weighted by molar-refractivity contribution is 7.89. The molecule has 2 heterocycles. The van der Waals surface area contributed by atoms with Gasteiger partial charge in [-0.15, -0.1) is 11.3 Å².